The summed E-state index contributed by atoms with van der Waals surface area (Å²) in [6.07, 6.45) is 2.66. The second-order valence-corrected chi connectivity index (χ2v) is 8.97. The molecule has 1 unspecified atom stereocenters. The van der Waals surface area contributed by atoms with Crippen LogP contribution in [-0.2, 0) is 4.79 Å². The van der Waals surface area contributed by atoms with Gasteiger partial charge in [0.2, 0.25) is 11.9 Å². The van der Waals surface area contributed by atoms with Crippen LogP contribution < -0.4 is 16.0 Å². The van der Waals surface area contributed by atoms with E-state index in [1.807, 2.05) is 35.8 Å². The third kappa shape index (κ3) is 6.12. The topological polar surface area (TPSA) is 94.7 Å². The van der Waals surface area contributed by atoms with E-state index in [1.54, 1.807) is 6.20 Å². The Kier molecular flexibility index (Phi) is 7.61. The molecule has 1 fully saturated rings. The van der Waals surface area contributed by atoms with Crippen LogP contribution in [0.4, 0.5) is 19.1 Å². The van der Waals surface area contributed by atoms with E-state index in [0.29, 0.717) is 23.1 Å². The number of carbonyl (C=O) groups is 1. The van der Waals surface area contributed by atoms with Gasteiger partial charge in [-0.15, -0.1) is 0 Å². The van der Waals surface area contributed by atoms with E-state index in [0.717, 1.165) is 41.8 Å². The number of nitrogens with zero attached hydrogens (tertiary/aromatic N) is 2. The van der Waals surface area contributed by atoms with Crippen LogP contribution in [0, 0.1) is 0 Å². The van der Waals surface area contributed by atoms with Crippen LogP contribution in [0.2, 0.25) is 5.02 Å². The van der Waals surface area contributed by atoms with Gasteiger partial charge in [-0.25, -0.2) is 9.97 Å². The van der Waals surface area contributed by atoms with Gasteiger partial charge < -0.3 is 20.9 Å². The first kappa shape index (κ1) is 25.0. The van der Waals surface area contributed by atoms with Crippen LogP contribution in [0.1, 0.15) is 25.7 Å². The van der Waals surface area contributed by atoms with Gasteiger partial charge in [0.25, 0.3) is 0 Å². The van der Waals surface area contributed by atoms with Gasteiger partial charge in [0.15, 0.2) is 0 Å². The number of hydrogen-bond acceptors (Lipinski definition) is 5. The number of rotatable bonds is 8. The third-order valence-electron chi connectivity index (χ3n) is 6.10. The normalized spacial score (nSPS) is 19.3. The first-order chi connectivity index (χ1) is 16.7. The number of hydrogen-bond donors (Lipinski definition) is 4. The molecule has 0 spiro atoms. The summed E-state index contributed by atoms with van der Waals surface area (Å²) < 4.78 is 39.9. The molecular formula is C24H26ClF3N6O. The lowest BCUT2D eigenvalue weighted by Crippen LogP contribution is -2.53. The van der Waals surface area contributed by atoms with Gasteiger partial charge in [-0.05, 0) is 37.8 Å². The van der Waals surface area contributed by atoms with Crippen molar-refractivity contribution in [1.29, 1.82) is 0 Å². The van der Waals surface area contributed by atoms with Gasteiger partial charge in [-0.3, -0.25) is 4.79 Å². The summed E-state index contributed by atoms with van der Waals surface area (Å²) in [5.74, 6) is -0.449. The molecule has 1 aliphatic rings. The van der Waals surface area contributed by atoms with Gasteiger partial charge in [0.1, 0.15) is 6.04 Å². The van der Waals surface area contributed by atoms with Gasteiger partial charge in [0, 0.05) is 41.3 Å². The molecule has 0 bridgehead atoms. The number of amides is 1. The van der Waals surface area contributed by atoms with Crippen molar-refractivity contribution >= 4 is 34.4 Å². The number of H-pyrrole nitrogens is 1. The van der Waals surface area contributed by atoms with E-state index >= 15 is 0 Å². The van der Waals surface area contributed by atoms with Crippen LogP contribution in [0.25, 0.3) is 22.2 Å². The standard InChI is InChI=1S/C24H26ClF3N6O/c1-2-21(35)33-20(24(26,27)28)13-29-14-6-5-7-15(10-14)32-23-31-12-18(25)22(34-23)17-11-30-19-9-4-3-8-16(17)19/h2-4,8-9,11-12,14-15,20,29-30H,1,5-7,10,13H2,(H,33,35)(H,31,32,34)/t14-,15+,20?/m0/s1. The molecule has 0 saturated heterocycles. The highest BCUT2D eigenvalue weighted by atomic mass is 35.5. The number of nitrogens with one attached hydrogen (secondary N) is 4. The van der Waals surface area contributed by atoms with E-state index < -0.39 is 24.7 Å². The zero-order valence-corrected chi connectivity index (χ0v) is 19.6. The number of anilines is 1. The van der Waals surface area contributed by atoms with E-state index in [4.69, 9.17) is 11.6 Å². The third-order valence-corrected chi connectivity index (χ3v) is 6.38. The van der Waals surface area contributed by atoms with Crippen LogP contribution in [-0.4, -0.2) is 51.7 Å². The number of fused-ring (bicyclic) bond motifs is 1. The Morgan fingerprint density at radius 2 is 2.06 bits per heavy atom. The molecule has 7 nitrogen and oxygen atoms in total. The predicted octanol–water partition coefficient (Wildman–Crippen LogP) is 4.82. The smallest absolute Gasteiger partial charge is 0.360 e. The maximum Gasteiger partial charge on any atom is 0.409 e. The second-order valence-electron chi connectivity index (χ2n) is 8.56. The number of aromatic nitrogens is 3. The average molecular weight is 507 g/mol. The largest absolute Gasteiger partial charge is 0.409 e. The van der Waals surface area contributed by atoms with Crippen molar-refractivity contribution in [2.24, 2.45) is 0 Å². The molecule has 186 valence electrons. The van der Waals surface area contributed by atoms with Crippen LogP contribution >= 0.6 is 11.6 Å². The maximum absolute atomic E-state index is 13.3. The molecule has 1 saturated carbocycles. The highest BCUT2D eigenvalue weighted by molar-refractivity contribution is 6.33. The molecule has 11 heteroatoms. The summed E-state index contributed by atoms with van der Waals surface area (Å²) in [7, 11) is 0. The number of aromatic amines is 1. The zero-order chi connectivity index (χ0) is 25.0. The first-order valence-electron chi connectivity index (χ1n) is 11.3. The van der Waals surface area contributed by atoms with Gasteiger partial charge in [-0.1, -0.05) is 36.4 Å². The molecule has 4 rings (SSSR count). The SMILES string of the molecule is C=CC(=O)NC(CN[C@H]1CCC[C@@H](Nc2ncc(Cl)c(-c3c[nH]c4ccccc34)n2)C1)C(F)(F)F. The molecule has 0 radical (unpaired) electrons. The number of carbonyl (C=O) groups excluding carboxylic acids is 1. The number of alkyl halides is 3. The van der Waals surface area contributed by atoms with Crippen molar-refractivity contribution in [2.45, 2.75) is 50.0 Å². The lowest BCUT2D eigenvalue weighted by atomic mass is 9.91. The molecule has 0 aliphatic heterocycles. The van der Waals surface area contributed by atoms with Crippen molar-refractivity contribution in [3.05, 3.63) is 54.3 Å². The quantitative estimate of drug-likeness (QED) is 0.328. The lowest BCUT2D eigenvalue weighted by Gasteiger charge is -2.32. The van der Waals surface area contributed by atoms with Crippen molar-refractivity contribution in [3.8, 4) is 11.3 Å². The Morgan fingerprint density at radius 1 is 1.29 bits per heavy atom. The van der Waals surface area contributed by atoms with Gasteiger partial charge in [-0.2, -0.15) is 13.2 Å². The first-order valence-corrected chi connectivity index (χ1v) is 11.7. The van der Waals surface area contributed by atoms with E-state index in [9.17, 15) is 18.0 Å². The van der Waals surface area contributed by atoms with Crippen molar-refractivity contribution in [2.75, 3.05) is 11.9 Å². The molecule has 4 N–H and O–H groups in total. The fourth-order valence-electron chi connectivity index (χ4n) is 4.35. The van der Waals surface area contributed by atoms with Crippen molar-refractivity contribution < 1.29 is 18.0 Å². The second kappa shape index (κ2) is 10.7. The lowest BCUT2D eigenvalue weighted by molar-refractivity contribution is -0.159. The van der Waals surface area contributed by atoms with Crippen molar-refractivity contribution in [3.63, 3.8) is 0 Å². The van der Waals surface area contributed by atoms with Crippen LogP contribution in [0.5, 0.6) is 0 Å². The van der Waals surface area contributed by atoms with Crippen LogP contribution in [0.3, 0.4) is 0 Å². The average Bonchev–Trinajstić information content (AvgIpc) is 3.26. The Labute approximate surface area is 205 Å². The number of benzene rings is 1. The zero-order valence-electron chi connectivity index (χ0n) is 18.8. The minimum Gasteiger partial charge on any atom is -0.360 e. The van der Waals surface area contributed by atoms with E-state index in [-0.39, 0.29) is 12.1 Å². The number of para-hydroxylation sites is 1. The fourth-order valence-corrected chi connectivity index (χ4v) is 4.54. The molecule has 35 heavy (non-hydrogen) atoms. The summed E-state index contributed by atoms with van der Waals surface area (Å²) >= 11 is 6.40. The molecule has 2 aromatic heterocycles. The van der Waals surface area contributed by atoms with E-state index in [2.05, 4.69) is 32.2 Å². The Balaban J connectivity index is 1.41. The Morgan fingerprint density at radius 3 is 2.83 bits per heavy atom. The van der Waals surface area contributed by atoms with Crippen molar-refractivity contribution in [1.82, 2.24) is 25.6 Å². The molecule has 3 aromatic rings. The predicted molar refractivity (Wildman–Crippen MR) is 130 cm³/mol. The Bertz CT molecular complexity index is 1200. The maximum atomic E-state index is 13.3. The molecule has 1 amide bonds. The Hall–Kier alpha value is -3.11. The summed E-state index contributed by atoms with van der Waals surface area (Å²) in [6, 6.07) is 5.67. The molecule has 2 heterocycles. The molecule has 1 aliphatic carbocycles. The van der Waals surface area contributed by atoms with E-state index in [1.165, 1.54) is 0 Å². The minimum atomic E-state index is -4.56. The summed E-state index contributed by atoms with van der Waals surface area (Å²) in [5, 5.41) is 9.62. The number of halogens is 4. The fraction of sp³-hybridized carbons (Fsp3) is 0.375. The summed E-state index contributed by atoms with van der Waals surface area (Å²) in [5.41, 5.74) is 2.42. The van der Waals surface area contributed by atoms with Gasteiger partial charge >= 0.3 is 6.18 Å². The summed E-state index contributed by atoms with van der Waals surface area (Å²) in [4.78, 5) is 23.5. The molecule has 1 aromatic carbocycles. The minimum absolute atomic E-state index is 0.0228. The molecular weight excluding hydrogens is 481 g/mol. The van der Waals surface area contributed by atoms with Gasteiger partial charge in [0.05, 0.1) is 16.9 Å². The highest BCUT2D eigenvalue weighted by Gasteiger charge is 2.40. The van der Waals surface area contributed by atoms with Crippen LogP contribution in [0.15, 0.2) is 49.3 Å². The monoisotopic (exact) mass is 506 g/mol. The molecule has 3 atom stereocenters. The highest BCUT2D eigenvalue weighted by Crippen LogP contribution is 2.32. The summed E-state index contributed by atoms with van der Waals surface area (Å²) in [6.45, 7) is 2.79.